The van der Waals surface area contributed by atoms with Crippen molar-refractivity contribution in [1.82, 2.24) is 0 Å². The van der Waals surface area contributed by atoms with Crippen LogP contribution in [0.3, 0.4) is 0 Å². The molecule has 3 heteroatoms. The van der Waals surface area contributed by atoms with E-state index in [1.807, 2.05) is 12.1 Å². The second kappa shape index (κ2) is 7.41. The van der Waals surface area contributed by atoms with Crippen LogP contribution < -0.4 is 5.73 Å². The molecular weight excluding hydrogens is 302 g/mol. The van der Waals surface area contributed by atoms with E-state index < -0.39 is 0 Å². The maximum atomic E-state index is 10.7. The second-order valence-corrected chi connectivity index (χ2v) is 6.55. The number of aliphatic hydroxyl groups excluding tert-OH is 1. The van der Waals surface area contributed by atoms with Gasteiger partial charge in [0.25, 0.3) is 0 Å². The molecule has 0 amide bonds. The maximum Gasteiger partial charge on any atom is 0.0648 e. The molecule has 1 aliphatic carbocycles. The molecule has 0 radical (unpaired) electrons. The van der Waals surface area contributed by atoms with Crippen molar-refractivity contribution in [2.24, 2.45) is 11.7 Å². The second-order valence-electron chi connectivity index (χ2n) is 5.64. The predicted octanol–water partition coefficient (Wildman–Crippen LogP) is 3.82. The lowest BCUT2D eigenvalue weighted by Crippen LogP contribution is -2.32. The van der Waals surface area contributed by atoms with Gasteiger partial charge < -0.3 is 10.8 Å². The van der Waals surface area contributed by atoms with E-state index in [1.165, 1.54) is 25.7 Å². The van der Waals surface area contributed by atoms with E-state index in [-0.39, 0.29) is 12.0 Å². The average molecular weight is 326 g/mol. The Morgan fingerprint density at radius 2 is 1.68 bits per heavy atom. The smallest absolute Gasteiger partial charge is 0.0648 e. The standard InChI is InChI=1S/C16H24BrNO/c17-14-9-7-12(8-10-14)15(11-18)16(19)13-5-3-1-2-4-6-13/h7-10,13,15-16,19H,1-6,11,18H2. The van der Waals surface area contributed by atoms with E-state index >= 15 is 0 Å². The summed E-state index contributed by atoms with van der Waals surface area (Å²) in [6.07, 6.45) is 7.12. The molecule has 2 rings (SSSR count). The Morgan fingerprint density at radius 3 is 2.21 bits per heavy atom. The highest BCUT2D eigenvalue weighted by Crippen LogP contribution is 2.32. The summed E-state index contributed by atoms with van der Waals surface area (Å²) in [5.74, 6) is 0.482. The van der Waals surface area contributed by atoms with Crippen LogP contribution in [0.5, 0.6) is 0 Å². The summed E-state index contributed by atoms with van der Waals surface area (Å²) in [5, 5.41) is 10.7. The monoisotopic (exact) mass is 325 g/mol. The Bertz CT molecular complexity index is 371. The third-order valence-electron chi connectivity index (χ3n) is 4.35. The first-order chi connectivity index (χ1) is 9.22. The van der Waals surface area contributed by atoms with Crippen LogP contribution in [-0.2, 0) is 0 Å². The molecule has 0 heterocycles. The van der Waals surface area contributed by atoms with Gasteiger partial charge in [-0.3, -0.25) is 0 Å². The maximum absolute atomic E-state index is 10.7. The molecular formula is C16H24BrNO. The van der Waals surface area contributed by atoms with Gasteiger partial charge in [-0.2, -0.15) is 0 Å². The molecule has 2 nitrogen and oxygen atoms in total. The number of hydrogen-bond donors (Lipinski definition) is 2. The third-order valence-corrected chi connectivity index (χ3v) is 4.88. The van der Waals surface area contributed by atoms with Crippen LogP contribution in [-0.4, -0.2) is 17.8 Å². The summed E-state index contributed by atoms with van der Waals surface area (Å²) in [4.78, 5) is 0. The van der Waals surface area contributed by atoms with Crippen LogP contribution in [0, 0.1) is 5.92 Å². The lowest BCUT2D eigenvalue weighted by Gasteiger charge is -2.29. The normalized spacial score (nSPS) is 20.8. The van der Waals surface area contributed by atoms with Gasteiger partial charge in [0.1, 0.15) is 0 Å². The van der Waals surface area contributed by atoms with Crippen molar-refractivity contribution in [3.8, 4) is 0 Å². The molecule has 1 fully saturated rings. The van der Waals surface area contributed by atoms with Gasteiger partial charge in [0, 0.05) is 16.9 Å². The number of rotatable bonds is 4. The lowest BCUT2D eigenvalue weighted by atomic mass is 9.82. The first kappa shape index (κ1) is 15.0. The van der Waals surface area contributed by atoms with Crippen LogP contribution in [0.25, 0.3) is 0 Å². The van der Waals surface area contributed by atoms with Crippen molar-refractivity contribution in [1.29, 1.82) is 0 Å². The molecule has 1 aromatic carbocycles. The largest absolute Gasteiger partial charge is 0.392 e. The molecule has 19 heavy (non-hydrogen) atoms. The number of hydrogen-bond acceptors (Lipinski definition) is 2. The van der Waals surface area contributed by atoms with Gasteiger partial charge in [-0.15, -0.1) is 0 Å². The highest BCUT2D eigenvalue weighted by Gasteiger charge is 2.28. The minimum absolute atomic E-state index is 0.0659. The van der Waals surface area contributed by atoms with Crippen LogP contribution in [0.4, 0.5) is 0 Å². The molecule has 0 aromatic heterocycles. The van der Waals surface area contributed by atoms with Crippen LogP contribution in [0.1, 0.15) is 50.0 Å². The van der Waals surface area contributed by atoms with Crippen molar-refractivity contribution in [2.75, 3.05) is 6.54 Å². The van der Waals surface area contributed by atoms with Crippen LogP contribution in [0.2, 0.25) is 0 Å². The predicted molar refractivity (Wildman–Crippen MR) is 83.1 cm³/mol. The minimum Gasteiger partial charge on any atom is -0.392 e. The van der Waals surface area contributed by atoms with E-state index in [2.05, 4.69) is 28.1 Å². The van der Waals surface area contributed by atoms with Crippen molar-refractivity contribution >= 4 is 15.9 Å². The van der Waals surface area contributed by atoms with Gasteiger partial charge in [0.15, 0.2) is 0 Å². The zero-order valence-electron chi connectivity index (χ0n) is 11.4. The minimum atomic E-state index is -0.302. The Morgan fingerprint density at radius 1 is 1.11 bits per heavy atom. The van der Waals surface area contributed by atoms with Crippen molar-refractivity contribution < 1.29 is 5.11 Å². The van der Waals surface area contributed by atoms with Crippen LogP contribution >= 0.6 is 15.9 Å². The quantitative estimate of drug-likeness (QED) is 0.826. The van der Waals surface area contributed by atoms with Gasteiger partial charge in [-0.1, -0.05) is 53.7 Å². The van der Waals surface area contributed by atoms with Crippen LogP contribution in [0.15, 0.2) is 28.7 Å². The lowest BCUT2D eigenvalue weighted by molar-refractivity contribution is 0.0742. The molecule has 3 N–H and O–H groups in total. The van der Waals surface area contributed by atoms with E-state index in [1.54, 1.807) is 0 Å². The van der Waals surface area contributed by atoms with E-state index in [4.69, 9.17) is 5.73 Å². The number of aliphatic hydroxyl groups is 1. The summed E-state index contributed by atoms with van der Waals surface area (Å²) in [5.41, 5.74) is 7.07. The molecule has 0 saturated heterocycles. The fourth-order valence-electron chi connectivity index (χ4n) is 3.16. The molecule has 1 saturated carbocycles. The average Bonchev–Trinajstić information content (AvgIpc) is 2.70. The third kappa shape index (κ3) is 4.04. The highest BCUT2D eigenvalue weighted by atomic mass is 79.9. The first-order valence-corrected chi connectivity index (χ1v) is 8.15. The fourth-order valence-corrected chi connectivity index (χ4v) is 3.43. The zero-order chi connectivity index (χ0) is 13.7. The summed E-state index contributed by atoms with van der Waals surface area (Å²) < 4.78 is 1.07. The van der Waals surface area contributed by atoms with Gasteiger partial charge >= 0.3 is 0 Å². The van der Waals surface area contributed by atoms with E-state index in [9.17, 15) is 5.11 Å². The Kier molecular flexibility index (Phi) is 5.86. The first-order valence-electron chi connectivity index (χ1n) is 7.36. The molecule has 1 aliphatic rings. The molecule has 0 bridgehead atoms. The highest BCUT2D eigenvalue weighted by molar-refractivity contribution is 9.10. The zero-order valence-corrected chi connectivity index (χ0v) is 13.0. The Hall–Kier alpha value is -0.380. The molecule has 2 unspecified atom stereocenters. The topological polar surface area (TPSA) is 46.2 Å². The fraction of sp³-hybridized carbons (Fsp3) is 0.625. The number of halogens is 1. The summed E-state index contributed by atoms with van der Waals surface area (Å²) in [6, 6.07) is 8.19. The van der Waals surface area contributed by atoms with Crippen molar-refractivity contribution in [3.63, 3.8) is 0 Å². The molecule has 1 aromatic rings. The summed E-state index contributed by atoms with van der Waals surface area (Å²) in [6.45, 7) is 0.513. The van der Waals surface area contributed by atoms with Gasteiger partial charge in [0.05, 0.1) is 6.10 Å². The molecule has 106 valence electrons. The van der Waals surface area contributed by atoms with Gasteiger partial charge in [0.2, 0.25) is 0 Å². The summed E-state index contributed by atoms with van der Waals surface area (Å²) >= 11 is 3.45. The van der Waals surface area contributed by atoms with Crippen molar-refractivity contribution in [2.45, 2.75) is 50.5 Å². The molecule has 0 spiro atoms. The van der Waals surface area contributed by atoms with E-state index in [0.29, 0.717) is 12.5 Å². The SMILES string of the molecule is NCC(c1ccc(Br)cc1)C(O)C1CCCCCC1. The number of benzene rings is 1. The van der Waals surface area contributed by atoms with Gasteiger partial charge in [-0.25, -0.2) is 0 Å². The van der Waals surface area contributed by atoms with Crippen molar-refractivity contribution in [3.05, 3.63) is 34.3 Å². The Labute approximate surface area is 124 Å². The van der Waals surface area contributed by atoms with E-state index in [0.717, 1.165) is 22.9 Å². The van der Waals surface area contributed by atoms with Gasteiger partial charge in [-0.05, 0) is 36.5 Å². The Balaban J connectivity index is 2.09. The molecule has 2 atom stereocenters. The molecule has 0 aliphatic heterocycles. The number of nitrogens with two attached hydrogens (primary N) is 1. The summed E-state index contributed by atoms with van der Waals surface area (Å²) in [7, 11) is 0.